The first-order valence-corrected chi connectivity index (χ1v) is 8.17. The predicted octanol–water partition coefficient (Wildman–Crippen LogP) is 2.09. The van der Waals surface area contributed by atoms with Gasteiger partial charge in [0.15, 0.2) is 0 Å². The molecule has 2 saturated heterocycles. The minimum atomic E-state index is -0.156. The van der Waals surface area contributed by atoms with Crippen molar-refractivity contribution in [2.75, 3.05) is 19.6 Å². The number of aliphatic hydroxyl groups is 1. The average molecular weight is 266 g/mol. The summed E-state index contributed by atoms with van der Waals surface area (Å²) in [5, 5.41) is 10.8. The predicted molar refractivity (Wildman–Crippen MR) is 78.2 cm³/mol. The molecule has 19 heavy (non-hydrogen) atoms. The number of fused-ring (bicyclic) bond motifs is 1. The van der Waals surface area contributed by atoms with Gasteiger partial charge in [-0.1, -0.05) is 20.3 Å². The molecule has 3 rings (SSSR count). The van der Waals surface area contributed by atoms with Crippen LogP contribution in [0, 0.1) is 5.41 Å². The molecule has 1 N–H and O–H groups in total. The minimum absolute atomic E-state index is 0.0927. The van der Waals surface area contributed by atoms with Gasteiger partial charge in [0.1, 0.15) is 0 Å². The molecule has 0 bridgehead atoms. The van der Waals surface area contributed by atoms with E-state index in [-0.39, 0.29) is 11.5 Å². The molecule has 3 nitrogen and oxygen atoms in total. The Bertz CT molecular complexity index is 331. The maximum atomic E-state index is 10.8. The van der Waals surface area contributed by atoms with E-state index >= 15 is 0 Å². The molecule has 0 radical (unpaired) electrons. The van der Waals surface area contributed by atoms with E-state index in [4.69, 9.17) is 0 Å². The number of rotatable bonds is 1. The molecule has 0 aromatic rings. The Kier molecular flexibility index (Phi) is 3.65. The van der Waals surface area contributed by atoms with Gasteiger partial charge in [-0.25, -0.2) is 0 Å². The van der Waals surface area contributed by atoms with Crippen molar-refractivity contribution in [3.8, 4) is 0 Å². The van der Waals surface area contributed by atoms with E-state index in [9.17, 15) is 5.11 Å². The van der Waals surface area contributed by atoms with E-state index in [0.717, 1.165) is 6.04 Å². The lowest BCUT2D eigenvalue weighted by Crippen LogP contribution is -2.62. The van der Waals surface area contributed by atoms with Crippen LogP contribution in [0.25, 0.3) is 0 Å². The fourth-order valence-corrected chi connectivity index (χ4v) is 4.61. The SMILES string of the molecule is CC1CN2CCCC2CN1C1CCCC(C)(C)C1O. The average Bonchev–Trinajstić information content (AvgIpc) is 2.79. The van der Waals surface area contributed by atoms with E-state index in [0.29, 0.717) is 12.1 Å². The van der Waals surface area contributed by atoms with Gasteiger partial charge < -0.3 is 5.11 Å². The molecule has 0 spiro atoms. The first-order valence-electron chi connectivity index (χ1n) is 8.17. The standard InChI is InChI=1S/C16H30N2O/c1-12-10-17-9-5-6-13(17)11-18(12)14-7-4-8-16(2,3)15(14)19/h12-15,19H,4-11H2,1-3H3. The second-order valence-corrected chi connectivity index (χ2v) is 7.73. The number of piperazine rings is 1. The molecule has 110 valence electrons. The van der Waals surface area contributed by atoms with Gasteiger partial charge in [0.05, 0.1) is 6.10 Å². The Balaban J connectivity index is 1.73. The summed E-state index contributed by atoms with van der Waals surface area (Å²) in [6.45, 7) is 10.5. The highest BCUT2D eigenvalue weighted by atomic mass is 16.3. The first kappa shape index (κ1) is 13.8. The van der Waals surface area contributed by atoms with Gasteiger partial charge in [0.25, 0.3) is 0 Å². The minimum Gasteiger partial charge on any atom is -0.391 e. The highest BCUT2D eigenvalue weighted by Crippen LogP contribution is 2.39. The normalized spacial score (nSPS) is 44.2. The molecule has 3 aliphatic rings. The number of nitrogens with zero attached hydrogens (tertiary/aromatic N) is 2. The van der Waals surface area contributed by atoms with Crippen molar-refractivity contribution in [3.63, 3.8) is 0 Å². The van der Waals surface area contributed by atoms with Crippen LogP contribution in [0.2, 0.25) is 0 Å². The smallest absolute Gasteiger partial charge is 0.0746 e. The Morgan fingerprint density at radius 1 is 1.11 bits per heavy atom. The molecule has 1 saturated carbocycles. The first-order chi connectivity index (χ1) is 8.99. The fourth-order valence-electron chi connectivity index (χ4n) is 4.61. The fraction of sp³-hybridized carbons (Fsp3) is 1.00. The van der Waals surface area contributed by atoms with Crippen LogP contribution < -0.4 is 0 Å². The highest BCUT2D eigenvalue weighted by molar-refractivity contribution is 4.99. The van der Waals surface area contributed by atoms with Gasteiger partial charge in [0.2, 0.25) is 0 Å². The van der Waals surface area contributed by atoms with Gasteiger partial charge >= 0.3 is 0 Å². The second kappa shape index (κ2) is 5.01. The van der Waals surface area contributed by atoms with Crippen LogP contribution in [0.5, 0.6) is 0 Å². The molecule has 4 unspecified atom stereocenters. The largest absolute Gasteiger partial charge is 0.391 e. The molecule has 2 aliphatic heterocycles. The molecule has 0 amide bonds. The van der Waals surface area contributed by atoms with Gasteiger partial charge in [-0.05, 0) is 44.6 Å². The topological polar surface area (TPSA) is 26.7 Å². The van der Waals surface area contributed by atoms with E-state index in [1.54, 1.807) is 0 Å². The monoisotopic (exact) mass is 266 g/mol. The zero-order chi connectivity index (χ0) is 13.6. The Hall–Kier alpha value is -0.120. The number of hydrogen-bond donors (Lipinski definition) is 1. The Labute approximate surface area is 118 Å². The summed E-state index contributed by atoms with van der Waals surface area (Å²) in [5.74, 6) is 0. The molecule has 1 aliphatic carbocycles. The third kappa shape index (κ3) is 2.45. The van der Waals surface area contributed by atoms with E-state index < -0.39 is 0 Å². The Morgan fingerprint density at radius 3 is 2.68 bits per heavy atom. The second-order valence-electron chi connectivity index (χ2n) is 7.73. The summed E-state index contributed by atoms with van der Waals surface area (Å²) in [4.78, 5) is 5.31. The molecule has 4 atom stereocenters. The number of aliphatic hydroxyl groups excluding tert-OH is 1. The quantitative estimate of drug-likeness (QED) is 0.787. The van der Waals surface area contributed by atoms with Crippen molar-refractivity contribution in [3.05, 3.63) is 0 Å². The maximum absolute atomic E-state index is 10.8. The van der Waals surface area contributed by atoms with Gasteiger partial charge in [0, 0.05) is 31.2 Å². The lowest BCUT2D eigenvalue weighted by molar-refractivity contribution is -0.0878. The van der Waals surface area contributed by atoms with Crippen LogP contribution in [0.1, 0.15) is 52.9 Å². The third-order valence-electron chi connectivity index (χ3n) is 5.90. The maximum Gasteiger partial charge on any atom is 0.0746 e. The van der Waals surface area contributed by atoms with Crippen LogP contribution >= 0.6 is 0 Å². The molecule has 0 aromatic heterocycles. The van der Waals surface area contributed by atoms with E-state index in [1.165, 1.54) is 51.7 Å². The molecule has 3 fully saturated rings. The van der Waals surface area contributed by atoms with Crippen molar-refractivity contribution in [2.24, 2.45) is 5.41 Å². The molecular formula is C16H30N2O. The van der Waals surface area contributed by atoms with Crippen LogP contribution in [-0.2, 0) is 0 Å². The van der Waals surface area contributed by atoms with Crippen LogP contribution in [0.15, 0.2) is 0 Å². The lowest BCUT2D eigenvalue weighted by atomic mass is 9.71. The van der Waals surface area contributed by atoms with Crippen molar-refractivity contribution >= 4 is 0 Å². The van der Waals surface area contributed by atoms with E-state index in [2.05, 4.69) is 30.6 Å². The summed E-state index contributed by atoms with van der Waals surface area (Å²) in [7, 11) is 0. The van der Waals surface area contributed by atoms with Crippen LogP contribution in [0.4, 0.5) is 0 Å². The number of hydrogen-bond acceptors (Lipinski definition) is 3. The zero-order valence-electron chi connectivity index (χ0n) is 12.8. The van der Waals surface area contributed by atoms with Crippen molar-refractivity contribution in [1.29, 1.82) is 0 Å². The Morgan fingerprint density at radius 2 is 1.89 bits per heavy atom. The van der Waals surface area contributed by atoms with Crippen LogP contribution in [-0.4, -0.2) is 58.8 Å². The summed E-state index contributed by atoms with van der Waals surface area (Å²) >= 11 is 0. The van der Waals surface area contributed by atoms with Gasteiger partial charge in [-0.3, -0.25) is 9.80 Å². The molecule has 3 heteroatoms. The third-order valence-corrected chi connectivity index (χ3v) is 5.90. The summed E-state index contributed by atoms with van der Waals surface area (Å²) in [6, 6.07) is 1.75. The van der Waals surface area contributed by atoms with E-state index in [1.807, 2.05) is 0 Å². The van der Waals surface area contributed by atoms with Crippen molar-refractivity contribution in [2.45, 2.75) is 77.1 Å². The molecule has 0 aromatic carbocycles. The summed E-state index contributed by atoms with van der Waals surface area (Å²) in [5.41, 5.74) is 0.0927. The van der Waals surface area contributed by atoms with Gasteiger partial charge in [-0.15, -0.1) is 0 Å². The highest BCUT2D eigenvalue weighted by Gasteiger charge is 2.44. The van der Waals surface area contributed by atoms with Gasteiger partial charge in [-0.2, -0.15) is 0 Å². The zero-order valence-corrected chi connectivity index (χ0v) is 12.8. The van der Waals surface area contributed by atoms with Crippen molar-refractivity contribution in [1.82, 2.24) is 9.80 Å². The lowest BCUT2D eigenvalue weighted by Gasteiger charge is -2.51. The molecular weight excluding hydrogens is 236 g/mol. The summed E-state index contributed by atoms with van der Waals surface area (Å²) in [6.07, 6.45) is 6.19. The van der Waals surface area contributed by atoms with Crippen LogP contribution in [0.3, 0.4) is 0 Å². The molecule has 2 heterocycles. The van der Waals surface area contributed by atoms with Crippen molar-refractivity contribution < 1.29 is 5.11 Å². The summed E-state index contributed by atoms with van der Waals surface area (Å²) < 4.78 is 0.